The van der Waals surface area contributed by atoms with E-state index in [0.29, 0.717) is 54.1 Å². The number of halogens is 4. The van der Waals surface area contributed by atoms with Crippen molar-refractivity contribution in [3.63, 3.8) is 0 Å². The molecular formula is C17H13ClF3N5O. The highest BCUT2D eigenvalue weighted by Crippen LogP contribution is 2.28. The summed E-state index contributed by atoms with van der Waals surface area (Å²) in [7, 11) is 0. The summed E-state index contributed by atoms with van der Waals surface area (Å²) in [5.74, 6) is -0.215. The molecule has 27 heavy (non-hydrogen) atoms. The van der Waals surface area contributed by atoms with Gasteiger partial charge in [-0.2, -0.15) is 18.2 Å². The molecule has 0 aliphatic carbocycles. The van der Waals surface area contributed by atoms with Gasteiger partial charge in [-0.3, -0.25) is 4.90 Å². The molecule has 4 rings (SSSR count). The van der Waals surface area contributed by atoms with Crippen LogP contribution in [0.1, 0.15) is 23.0 Å². The lowest BCUT2D eigenvalue weighted by atomic mass is 10.1. The van der Waals surface area contributed by atoms with Crippen molar-refractivity contribution in [3.8, 4) is 11.4 Å². The highest BCUT2D eigenvalue weighted by atomic mass is 35.5. The zero-order chi connectivity index (χ0) is 19.0. The summed E-state index contributed by atoms with van der Waals surface area (Å²) in [5.41, 5.74) is 1.89. The molecule has 0 atom stereocenters. The molecule has 0 bridgehead atoms. The van der Waals surface area contributed by atoms with Gasteiger partial charge in [0.05, 0.1) is 12.2 Å². The van der Waals surface area contributed by atoms with Crippen LogP contribution in [0.3, 0.4) is 0 Å². The minimum Gasteiger partial charge on any atom is -0.338 e. The number of aromatic nitrogens is 4. The summed E-state index contributed by atoms with van der Waals surface area (Å²) >= 11 is 5.87. The molecule has 3 heterocycles. The Morgan fingerprint density at radius 1 is 1.15 bits per heavy atom. The summed E-state index contributed by atoms with van der Waals surface area (Å²) in [6, 6.07) is 7.07. The van der Waals surface area contributed by atoms with Crippen molar-refractivity contribution in [1.82, 2.24) is 25.0 Å². The Morgan fingerprint density at radius 3 is 2.67 bits per heavy atom. The molecule has 0 saturated heterocycles. The van der Waals surface area contributed by atoms with Crippen molar-refractivity contribution in [1.29, 1.82) is 0 Å². The minimum atomic E-state index is -4.53. The van der Waals surface area contributed by atoms with E-state index in [1.807, 2.05) is 4.90 Å². The van der Waals surface area contributed by atoms with Crippen molar-refractivity contribution in [2.24, 2.45) is 0 Å². The number of hydrogen-bond acceptors (Lipinski definition) is 6. The molecule has 1 aliphatic heterocycles. The van der Waals surface area contributed by atoms with E-state index in [1.165, 1.54) is 6.20 Å². The molecule has 0 fully saturated rings. The Bertz CT molecular complexity index is 958. The first kappa shape index (κ1) is 17.9. The first-order chi connectivity index (χ1) is 12.9. The maximum absolute atomic E-state index is 12.7. The first-order valence-corrected chi connectivity index (χ1v) is 8.49. The number of fused-ring (bicyclic) bond motifs is 1. The summed E-state index contributed by atoms with van der Waals surface area (Å²) in [4.78, 5) is 13.4. The topological polar surface area (TPSA) is 67.9 Å². The van der Waals surface area contributed by atoms with Crippen molar-refractivity contribution < 1.29 is 17.7 Å². The van der Waals surface area contributed by atoms with Gasteiger partial charge < -0.3 is 4.52 Å². The van der Waals surface area contributed by atoms with E-state index in [1.54, 1.807) is 24.3 Å². The highest BCUT2D eigenvalue weighted by molar-refractivity contribution is 6.30. The molecule has 0 unspecified atom stereocenters. The van der Waals surface area contributed by atoms with E-state index < -0.39 is 12.0 Å². The van der Waals surface area contributed by atoms with Crippen LogP contribution in [0.2, 0.25) is 5.02 Å². The molecule has 1 aliphatic rings. The summed E-state index contributed by atoms with van der Waals surface area (Å²) < 4.78 is 43.4. The molecule has 0 amide bonds. The SMILES string of the molecule is FC(F)(F)c1ncc2c(n1)CCN(Cc1nc(-c3ccc(Cl)cc3)no1)C2. The number of hydrogen-bond donors (Lipinski definition) is 0. The fourth-order valence-corrected chi connectivity index (χ4v) is 3.00. The average Bonchev–Trinajstić information content (AvgIpc) is 3.09. The Kier molecular flexibility index (Phi) is 4.56. The third kappa shape index (κ3) is 3.93. The van der Waals surface area contributed by atoms with Crippen LogP contribution in [0.25, 0.3) is 11.4 Å². The van der Waals surface area contributed by atoms with Crippen LogP contribution >= 0.6 is 11.6 Å². The maximum atomic E-state index is 12.7. The zero-order valence-corrected chi connectivity index (χ0v) is 14.6. The monoisotopic (exact) mass is 395 g/mol. The number of alkyl halides is 3. The molecule has 0 spiro atoms. The van der Waals surface area contributed by atoms with Crippen molar-refractivity contribution in [2.45, 2.75) is 25.7 Å². The lowest BCUT2D eigenvalue weighted by Crippen LogP contribution is -2.31. The molecule has 3 aromatic rings. The Balaban J connectivity index is 1.45. The Hall–Kier alpha value is -2.52. The van der Waals surface area contributed by atoms with Crippen LogP contribution in [0.4, 0.5) is 13.2 Å². The third-order valence-corrected chi connectivity index (χ3v) is 4.45. The molecule has 0 radical (unpaired) electrons. The lowest BCUT2D eigenvalue weighted by Gasteiger charge is -2.26. The van der Waals surface area contributed by atoms with Gasteiger partial charge in [0.15, 0.2) is 0 Å². The average molecular weight is 396 g/mol. The van der Waals surface area contributed by atoms with Gasteiger partial charge >= 0.3 is 6.18 Å². The predicted octanol–water partition coefficient (Wildman–Crippen LogP) is 3.76. The van der Waals surface area contributed by atoms with Crippen molar-refractivity contribution >= 4 is 11.6 Å². The van der Waals surface area contributed by atoms with E-state index in [9.17, 15) is 13.2 Å². The normalized spacial score (nSPS) is 15.0. The van der Waals surface area contributed by atoms with Crippen molar-refractivity contribution in [2.75, 3.05) is 6.54 Å². The second-order valence-corrected chi connectivity index (χ2v) is 6.58. The van der Waals surface area contributed by atoms with Crippen LogP contribution in [0.15, 0.2) is 35.0 Å². The summed E-state index contributed by atoms with van der Waals surface area (Å²) in [6.45, 7) is 1.35. The number of benzene rings is 1. The van der Waals surface area contributed by atoms with Gasteiger partial charge in [0.2, 0.25) is 17.5 Å². The lowest BCUT2D eigenvalue weighted by molar-refractivity contribution is -0.145. The van der Waals surface area contributed by atoms with E-state index in [2.05, 4.69) is 20.1 Å². The second kappa shape index (κ2) is 6.90. The van der Waals surface area contributed by atoms with Gasteiger partial charge in [0.25, 0.3) is 0 Å². The maximum Gasteiger partial charge on any atom is 0.451 e. The van der Waals surface area contributed by atoms with Crippen molar-refractivity contribution in [3.05, 3.63) is 58.5 Å². The number of nitrogens with zero attached hydrogens (tertiary/aromatic N) is 5. The fraction of sp³-hybridized carbons (Fsp3) is 0.294. The first-order valence-electron chi connectivity index (χ1n) is 8.11. The van der Waals surface area contributed by atoms with Gasteiger partial charge in [0.1, 0.15) is 0 Å². The third-order valence-electron chi connectivity index (χ3n) is 4.20. The highest BCUT2D eigenvalue weighted by Gasteiger charge is 2.35. The number of rotatable bonds is 3. The standard InChI is InChI=1S/C17H13ClF3N5O/c18-12-3-1-10(2-4-12)15-24-14(27-25-15)9-26-6-5-13-11(8-26)7-22-16(23-13)17(19,20)21/h1-4,7H,5-6,8-9H2. The van der Waals surface area contributed by atoms with Gasteiger partial charge in [-0.05, 0) is 24.3 Å². The largest absolute Gasteiger partial charge is 0.451 e. The van der Waals surface area contributed by atoms with Crippen LogP contribution in [-0.4, -0.2) is 31.6 Å². The fourth-order valence-electron chi connectivity index (χ4n) is 2.87. The molecule has 2 aromatic heterocycles. The predicted molar refractivity (Wildman–Crippen MR) is 89.6 cm³/mol. The summed E-state index contributed by atoms with van der Waals surface area (Å²) in [5, 5.41) is 4.58. The Labute approximate surface area is 157 Å². The van der Waals surface area contributed by atoms with Crippen LogP contribution in [-0.2, 0) is 25.7 Å². The minimum absolute atomic E-state index is 0.390. The molecule has 6 nitrogen and oxygen atoms in total. The van der Waals surface area contributed by atoms with Gasteiger partial charge in [-0.1, -0.05) is 16.8 Å². The molecule has 0 N–H and O–H groups in total. The second-order valence-electron chi connectivity index (χ2n) is 6.14. The van der Waals surface area contributed by atoms with Gasteiger partial charge in [0, 0.05) is 41.9 Å². The molecule has 10 heteroatoms. The molecular weight excluding hydrogens is 383 g/mol. The smallest absolute Gasteiger partial charge is 0.338 e. The Morgan fingerprint density at radius 2 is 1.93 bits per heavy atom. The van der Waals surface area contributed by atoms with E-state index >= 15 is 0 Å². The summed E-state index contributed by atoms with van der Waals surface area (Å²) in [6.07, 6.45) is -2.89. The van der Waals surface area contributed by atoms with Gasteiger partial charge in [-0.25, -0.2) is 9.97 Å². The molecule has 0 saturated carbocycles. The van der Waals surface area contributed by atoms with E-state index in [-0.39, 0.29) is 0 Å². The van der Waals surface area contributed by atoms with Gasteiger partial charge in [-0.15, -0.1) is 0 Å². The van der Waals surface area contributed by atoms with Crippen LogP contribution in [0.5, 0.6) is 0 Å². The quantitative estimate of drug-likeness (QED) is 0.672. The molecule has 140 valence electrons. The van der Waals surface area contributed by atoms with E-state index in [0.717, 1.165) is 5.56 Å². The van der Waals surface area contributed by atoms with Crippen LogP contribution in [0, 0.1) is 0 Å². The van der Waals surface area contributed by atoms with E-state index in [4.69, 9.17) is 16.1 Å². The van der Waals surface area contributed by atoms with Crippen LogP contribution < -0.4 is 0 Å². The molecule has 1 aromatic carbocycles. The zero-order valence-electron chi connectivity index (χ0n) is 13.9.